The zero-order valence-corrected chi connectivity index (χ0v) is 14.7. The van der Waals surface area contributed by atoms with Gasteiger partial charge in [0.2, 0.25) is 0 Å². The summed E-state index contributed by atoms with van der Waals surface area (Å²) in [6, 6.07) is 9.63. The first-order valence-corrected chi connectivity index (χ1v) is 8.22. The van der Waals surface area contributed by atoms with Crippen LogP contribution in [0.15, 0.2) is 41.5 Å². The van der Waals surface area contributed by atoms with Crippen molar-refractivity contribution in [3.05, 3.63) is 52.5 Å². The predicted octanol–water partition coefficient (Wildman–Crippen LogP) is 3.40. The fourth-order valence-corrected chi connectivity index (χ4v) is 2.55. The third-order valence-electron chi connectivity index (χ3n) is 3.72. The van der Waals surface area contributed by atoms with E-state index in [9.17, 15) is 9.90 Å². The molecule has 0 amide bonds. The van der Waals surface area contributed by atoms with Crippen LogP contribution < -0.4 is 15.4 Å². The van der Waals surface area contributed by atoms with E-state index in [1.807, 2.05) is 19.9 Å². The highest BCUT2D eigenvalue weighted by Crippen LogP contribution is 2.22. The number of halogens is 1. The second-order valence-corrected chi connectivity index (χ2v) is 5.67. The summed E-state index contributed by atoms with van der Waals surface area (Å²) in [5.74, 6) is -1.25. The largest absolute Gasteiger partial charge is 0.872 e. The molecule has 0 saturated heterocycles. The Morgan fingerprint density at radius 3 is 2.60 bits per heavy atom. The van der Waals surface area contributed by atoms with Crippen LogP contribution in [-0.2, 0) is 0 Å². The number of anilines is 2. The molecule has 0 aliphatic rings. The molecule has 0 spiro atoms. The molecule has 6 nitrogen and oxygen atoms in total. The average molecular weight is 361 g/mol. The number of nitrogens with one attached hydrogen (secondary N) is 1. The van der Waals surface area contributed by atoms with Crippen molar-refractivity contribution in [2.75, 3.05) is 23.4 Å². The maximum absolute atomic E-state index is 12.2. The van der Waals surface area contributed by atoms with E-state index < -0.39 is 5.97 Å². The third-order valence-corrected chi connectivity index (χ3v) is 4.05. The molecule has 132 valence electrons. The van der Waals surface area contributed by atoms with E-state index in [1.54, 1.807) is 18.2 Å². The van der Waals surface area contributed by atoms with Crippen LogP contribution in [0.3, 0.4) is 0 Å². The molecule has 2 aromatic rings. The summed E-state index contributed by atoms with van der Waals surface area (Å²) >= 11 is 5.81. The Morgan fingerprint density at radius 1 is 1.28 bits per heavy atom. The Balaban J connectivity index is 2.12. The number of benzene rings is 2. The second kappa shape index (κ2) is 8.39. The van der Waals surface area contributed by atoms with Crippen LogP contribution in [0.5, 0.6) is 5.75 Å². The van der Waals surface area contributed by atoms with Gasteiger partial charge in [-0.2, -0.15) is 5.10 Å². The van der Waals surface area contributed by atoms with Crippen molar-refractivity contribution >= 4 is 35.2 Å². The van der Waals surface area contributed by atoms with E-state index in [-0.39, 0.29) is 16.3 Å². The molecule has 0 radical (unpaired) electrons. The van der Waals surface area contributed by atoms with Crippen LogP contribution in [0.25, 0.3) is 0 Å². The van der Waals surface area contributed by atoms with Gasteiger partial charge in [0.15, 0.2) is 0 Å². The van der Waals surface area contributed by atoms with Crippen molar-refractivity contribution in [3.63, 3.8) is 0 Å². The van der Waals surface area contributed by atoms with Gasteiger partial charge in [-0.15, -0.1) is 0 Å². The van der Waals surface area contributed by atoms with Crippen LogP contribution >= 0.6 is 11.6 Å². The number of rotatable bonds is 7. The van der Waals surface area contributed by atoms with Crippen molar-refractivity contribution in [3.8, 4) is 5.75 Å². The summed E-state index contributed by atoms with van der Waals surface area (Å²) in [5.41, 5.74) is 4.46. The minimum atomic E-state index is -1.12. The highest BCUT2D eigenvalue weighted by Gasteiger charge is 2.09. The van der Waals surface area contributed by atoms with Crippen LogP contribution in [0, 0.1) is 0 Å². The first-order valence-electron chi connectivity index (χ1n) is 7.84. The average Bonchev–Trinajstić information content (AvgIpc) is 2.59. The Hall–Kier alpha value is -2.73. The molecule has 2 rings (SSSR count). The molecule has 0 unspecified atom stereocenters. The van der Waals surface area contributed by atoms with E-state index in [0.29, 0.717) is 11.3 Å². The third kappa shape index (κ3) is 4.64. The summed E-state index contributed by atoms with van der Waals surface area (Å²) in [6.07, 6.45) is 1.41. The number of carboxylic acids is 1. The molecular weight excluding hydrogens is 342 g/mol. The summed E-state index contributed by atoms with van der Waals surface area (Å²) in [4.78, 5) is 13.1. The zero-order valence-electron chi connectivity index (χ0n) is 14.0. The van der Waals surface area contributed by atoms with Gasteiger partial charge in [-0.05, 0) is 49.7 Å². The number of carbonyl (C=O) groups is 1. The molecule has 0 aliphatic heterocycles. The van der Waals surface area contributed by atoms with Crippen LogP contribution in [0.2, 0.25) is 5.02 Å². The summed E-state index contributed by atoms with van der Waals surface area (Å²) < 4.78 is 0. The van der Waals surface area contributed by atoms with Gasteiger partial charge in [-0.25, -0.2) is 4.79 Å². The highest BCUT2D eigenvalue weighted by atomic mass is 35.5. The molecule has 0 aromatic heterocycles. The van der Waals surface area contributed by atoms with E-state index in [0.717, 1.165) is 18.8 Å². The zero-order chi connectivity index (χ0) is 18.4. The molecule has 0 fully saturated rings. The first-order chi connectivity index (χ1) is 12.0. The van der Waals surface area contributed by atoms with Gasteiger partial charge in [-0.3, -0.25) is 5.43 Å². The number of hydrazone groups is 1. The Labute approximate surface area is 151 Å². The van der Waals surface area contributed by atoms with Gasteiger partial charge in [0, 0.05) is 18.8 Å². The van der Waals surface area contributed by atoms with Crippen LogP contribution in [-0.4, -0.2) is 30.4 Å². The van der Waals surface area contributed by atoms with Crippen molar-refractivity contribution in [2.45, 2.75) is 13.8 Å². The minimum Gasteiger partial charge on any atom is -0.872 e. The molecule has 0 heterocycles. The van der Waals surface area contributed by atoms with Gasteiger partial charge in [0.25, 0.3) is 0 Å². The summed E-state index contributed by atoms with van der Waals surface area (Å²) in [5, 5.41) is 25.4. The molecule has 0 aliphatic carbocycles. The predicted molar refractivity (Wildman–Crippen MR) is 99.1 cm³/mol. The first kappa shape index (κ1) is 18.6. The molecular formula is C18H19ClN3O3-. The van der Waals surface area contributed by atoms with Gasteiger partial charge >= 0.3 is 5.97 Å². The van der Waals surface area contributed by atoms with Crippen molar-refractivity contribution in [2.24, 2.45) is 5.10 Å². The van der Waals surface area contributed by atoms with Gasteiger partial charge < -0.3 is 15.1 Å². The Kier molecular flexibility index (Phi) is 6.25. The van der Waals surface area contributed by atoms with Crippen molar-refractivity contribution in [1.29, 1.82) is 0 Å². The number of nitrogens with zero attached hydrogens (tertiary/aromatic N) is 2. The van der Waals surface area contributed by atoms with E-state index in [2.05, 4.69) is 15.4 Å². The normalized spacial score (nSPS) is 10.8. The maximum Gasteiger partial charge on any atom is 0.337 e. The van der Waals surface area contributed by atoms with Gasteiger partial charge in [0.1, 0.15) is 0 Å². The van der Waals surface area contributed by atoms with Crippen molar-refractivity contribution in [1.82, 2.24) is 0 Å². The molecule has 0 saturated carbocycles. The summed E-state index contributed by atoms with van der Waals surface area (Å²) in [7, 11) is 0. The fourth-order valence-electron chi connectivity index (χ4n) is 2.35. The Morgan fingerprint density at radius 2 is 2.00 bits per heavy atom. The van der Waals surface area contributed by atoms with E-state index >= 15 is 0 Å². The molecule has 0 bridgehead atoms. The highest BCUT2D eigenvalue weighted by molar-refractivity contribution is 6.33. The Bertz CT molecular complexity index is 789. The lowest BCUT2D eigenvalue weighted by Gasteiger charge is -2.23. The number of aromatic carboxylic acids is 1. The SMILES string of the molecule is CCN(CC)c1ccc(/C=N/Nc2ccc(Cl)c(C(=O)O)c2)c([O-])c1. The number of hydrogen-bond acceptors (Lipinski definition) is 5. The maximum atomic E-state index is 12.2. The van der Waals surface area contributed by atoms with Crippen molar-refractivity contribution < 1.29 is 15.0 Å². The lowest BCUT2D eigenvalue weighted by atomic mass is 10.2. The second-order valence-electron chi connectivity index (χ2n) is 5.26. The van der Waals surface area contributed by atoms with E-state index in [4.69, 9.17) is 16.7 Å². The quantitative estimate of drug-likeness (QED) is 0.583. The number of carboxylic acid groups (broad SMARTS) is 1. The monoisotopic (exact) mass is 360 g/mol. The van der Waals surface area contributed by atoms with Crippen LogP contribution in [0.4, 0.5) is 11.4 Å². The molecule has 7 heteroatoms. The smallest absolute Gasteiger partial charge is 0.337 e. The minimum absolute atomic E-state index is 0.0186. The van der Waals surface area contributed by atoms with E-state index in [1.165, 1.54) is 18.3 Å². The lowest BCUT2D eigenvalue weighted by molar-refractivity contribution is -0.268. The lowest BCUT2D eigenvalue weighted by Crippen LogP contribution is -2.21. The fraction of sp³-hybridized carbons (Fsp3) is 0.222. The molecule has 25 heavy (non-hydrogen) atoms. The summed E-state index contributed by atoms with van der Waals surface area (Å²) in [6.45, 7) is 5.72. The molecule has 2 aromatic carbocycles. The molecule has 0 atom stereocenters. The van der Waals surface area contributed by atoms with Gasteiger partial charge in [0.05, 0.1) is 22.5 Å². The topological polar surface area (TPSA) is 88.0 Å². The van der Waals surface area contributed by atoms with Crippen LogP contribution in [0.1, 0.15) is 29.8 Å². The number of hydrogen-bond donors (Lipinski definition) is 2. The molecule has 2 N–H and O–H groups in total. The van der Waals surface area contributed by atoms with Gasteiger partial charge in [-0.1, -0.05) is 23.4 Å². The standard InChI is InChI=1S/C18H20ClN3O3/c1-3-22(4-2)14-7-5-12(17(23)10-14)11-20-21-13-6-8-16(19)15(9-13)18(24)25/h5-11,21,23H,3-4H2,1-2H3,(H,24,25)/p-1/b20-11+.